The minimum atomic E-state index is -2.10. The third kappa shape index (κ3) is 16.4. The highest BCUT2D eigenvalue weighted by Gasteiger charge is 2.39. The first-order valence-electron chi connectivity index (χ1n) is 15.5. The molecule has 0 saturated carbocycles. The van der Waals surface area contributed by atoms with Crippen LogP contribution in [-0.4, -0.2) is 41.8 Å². The molecule has 0 heterocycles. The first kappa shape index (κ1) is 35.4. The van der Waals surface area contributed by atoms with Crippen LogP contribution in [0.15, 0.2) is 30.3 Å². The fourth-order valence-electron chi connectivity index (χ4n) is 4.44. The van der Waals surface area contributed by atoms with Gasteiger partial charge in [-0.1, -0.05) is 109 Å². The molecule has 1 atom stereocenters. The van der Waals surface area contributed by atoms with Gasteiger partial charge in [-0.05, 0) is 43.5 Å². The predicted octanol–water partition coefficient (Wildman–Crippen LogP) is 7.76. The molecule has 1 unspecified atom stereocenters. The number of hydrogen-bond donors (Lipinski definition) is 2. The summed E-state index contributed by atoms with van der Waals surface area (Å²) in [5.41, 5.74) is -0.323. The summed E-state index contributed by atoms with van der Waals surface area (Å²) >= 11 is 0. The molecule has 1 aromatic carbocycles. The minimum absolute atomic E-state index is 0.0878. The van der Waals surface area contributed by atoms with Gasteiger partial charge in [0.05, 0.1) is 13.0 Å². The van der Waals surface area contributed by atoms with E-state index in [1.807, 2.05) is 24.3 Å². The summed E-state index contributed by atoms with van der Waals surface area (Å²) in [7, 11) is 0. The molecule has 0 radical (unpaired) electrons. The molecule has 0 spiro atoms. The van der Waals surface area contributed by atoms with Gasteiger partial charge in [0.2, 0.25) is 0 Å². The number of aliphatic hydroxyl groups is 1. The van der Waals surface area contributed by atoms with E-state index in [0.717, 1.165) is 30.3 Å². The summed E-state index contributed by atoms with van der Waals surface area (Å²) in [5.74, 6) is -2.81. The van der Waals surface area contributed by atoms with Crippen LogP contribution in [0.25, 0.3) is 6.08 Å². The number of benzene rings is 1. The SMILES string of the molecule is CCCCCCCCCCCCCCCCNc1ccc(C=CC(=O)OC(=O)C(O)(CC)CC(=O)OCC)cc1. The quantitative estimate of drug-likeness (QED) is 0.0611. The van der Waals surface area contributed by atoms with E-state index < -0.39 is 29.9 Å². The van der Waals surface area contributed by atoms with Crippen LogP contribution in [-0.2, 0) is 23.9 Å². The van der Waals surface area contributed by atoms with Crippen molar-refractivity contribution in [3.63, 3.8) is 0 Å². The van der Waals surface area contributed by atoms with E-state index in [-0.39, 0.29) is 13.0 Å². The van der Waals surface area contributed by atoms with E-state index in [4.69, 9.17) is 9.47 Å². The largest absolute Gasteiger partial charge is 0.466 e. The van der Waals surface area contributed by atoms with Gasteiger partial charge >= 0.3 is 17.9 Å². The van der Waals surface area contributed by atoms with Crippen LogP contribution in [0.3, 0.4) is 0 Å². The molecule has 2 N–H and O–H groups in total. The summed E-state index contributed by atoms with van der Waals surface area (Å²) in [6.45, 7) is 6.47. The Balaban J connectivity index is 2.19. The lowest BCUT2D eigenvalue weighted by Gasteiger charge is -2.22. The normalized spacial score (nSPS) is 12.7. The van der Waals surface area contributed by atoms with Gasteiger partial charge in [0, 0.05) is 18.3 Å². The van der Waals surface area contributed by atoms with E-state index in [1.54, 1.807) is 6.92 Å². The molecule has 0 aliphatic carbocycles. The maximum atomic E-state index is 12.2. The molecule has 0 saturated heterocycles. The Morgan fingerprint density at radius 3 is 1.82 bits per heavy atom. The van der Waals surface area contributed by atoms with Gasteiger partial charge in [-0.25, -0.2) is 9.59 Å². The summed E-state index contributed by atoms with van der Waals surface area (Å²) in [4.78, 5) is 36.0. The minimum Gasteiger partial charge on any atom is -0.466 e. The Bertz CT molecular complexity index is 866. The molecule has 7 nitrogen and oxygen atoms in total. The van der Waals surface area contributed by atoms with Gasteiger partial charge in [0.25, 0.3) is 0 Å². The number of hydrogen-bond acceptors (Lipinski definition) is 7. The number of carbonyl (C=O) groups is 3. The molecule has 0 aliphatic rings. The molecule has 40 heavy (non-hydrogen) atoms. The number of unbranched alkanes of at least 4 members (excludes halogenated alkanes) is 13. The van der Waals surface area contributed by atoms with Gasteiger partial charge in [0.1, 0.15) is 0 Å². The zero-order valence-electron chi connectivity index (χ0n) is 25.2. The fraction of sp³-hybridized carbons (Fsp3) is 0.667. The molecular formula is C33H53NO6. The average molecular weight is 560 g/mol. The molecule has 1 aromatic rings. The summed E-state index contributed by atoms with van der Waals surface area (Å²) < 4.78 is 9.51. The van der Waals surface area contributed by atoms with Crippen LogP contribution in [0.5, 0.6) is 0 Å². The van der Waals surface area contributed by atoms with Gasteiger partial charge < -0.3 is 19.9 Å². The Morgan fingerprint density at radius 2 is 1.32 bits per heavy atom. The zero-order chi connectivity index (χ0) is 29.5. The third-order valence-electron chi connectivity index (χ3n) is 7.08. The second-order valence-electron chi connectivity index (χ2n) is 10.6. The number of rotatable bonds is 23. The lowest BCUT2D eigenvalue weighted by molar-refractivity contribution is -0.177. The molecule has 0 amide bonds. The molecule has 7 heteroatoms. The second-order valence-corrected chi connectivity index (χ2v) is 10.6. The molecule has 1 rings (SSSR count). The maximum absolute atomic E-state index is 12.2. The maximum Gasteiger partial charge on any atom is 0.346 e. The van der Waals surface area contributed by atoms with Gasteiger partial charge in [-0.2, -0.15) is 0 Å². The average Bonchev–Trinajstić information content (AvgIpc) is 2.94. The van der Waals surface area contributed by atoms with E-state index in [0.29, 0.717) is 0 Å². The molecular weight excluding hydrogens is 506 g/mol. The molecule has 0 fully saturated rings. The van der Waals surface area contributed by atoms with Crippen molar-refractivity contribution in [2.24, 2.45) is 0 Å². The summed E-state index contributed by atoms with van der Waals surface area (Å²) in [5, 5.41) is 13.8. The van der Waals surface area contributed by atoms with E-state index in [2.05, 4.69) is 12.2 Å². The van der Waals surface area contributed by atoms with Crippen LogP contribution in [0, 0.1) is 0 Å². The van der Waals surface area contributed by atoms with E-state index in [1.165, 1.54) is 96.5 Å². The number of ether oxygens (including phenoxy) is 2. The topological polar surface area (TPSA) is 102 Å². The Morgan fingerprint density at radius 1 is 0.800 bits per heavy atom. The van der Waals surface area contributed by atoms with Crippen molar-refractivity contribution >= 4 is 29.7 Å². The lowest BCUT2D eigenvalue weighted by atomic mass is 9.97. The fourth-order valence-corrected chi connectivity index (χ4v) is 4.44. The van der Waals surface area contributed by atoms with Gasteiger partial charge in [0.15, 0.2) is 5.60 Å². The number of anilines is 1. The van der Waals surface area contributed by atoms with Crippen molar-refractivity contribution in [1.29, 1.82) is 0 Å². The summed E-state index contributed by atoms with van der Waals surface area (Å²) in [6.07, 6.45) is 20.9. The number of esters is 3. The highest BCUT2D eigenvalue weighted by Crippen LogP contribution is 2.19. The van der Waals surface area contributed by atoms with Gasteiger partial charge in [-0.3, -0.25) is 4.79 Å². The third-order valence-corrected chi connectivity index (χ3v) is 7.08. The monoisotopic (exact) mass is 559 g/mol. The van der Waals surface area contributed by atoms with Crippen LogP contribution in [0.2, 0.25) is 0 Å². The highest BCUT2D eigenvalue weighted by molar-refractivity contribution is 5.98. The lowest BCUT2D eigenvalue weighted by Crippen LogP contribution is -2.42. The summed E-state index contributed by atoms with van der Waals surface area (Å²) in [6, 6.07) is 7.61. The van der Waals surface area contributed by atoms with E-state index in [9.17, 15) is 19.5 Å². The van der Waals surface area contributed by atoms with Crippen LogP contribution < -0.4 is 5.32 Å². The van der Waals surface area contributed by atoms with Crippen molar-refractivity contribution in [3.8, 4) is 0 Å². The van der Waals surface area contributed by atoms with E-state index >= 15 is 0 Å². The van der Waals surface area contributed by atoms with Crippen molar-refractivity contribution in [1.82, 2.24) is 0 Å². The second kappa shape index (κ2) is 22.1. The number of carbonyl (C=O) groups excluding carboxylic acids is 3. The van der Waals surface area contributed by atoms with Crippen molar-refractivity contribution < 1.29 is 29.0 Å². The standard InChI is InChI=1S/C33H53NO6/c1-4-7-8-9-10-11-12-13-14-15-16-17-18-19-26-34-29-23-20-28(21-24-29)22-25-30(35)40-32(37)33(38,5-2)27-31(36)39-6-3/h20-25,34,38H,4-19,26-27H2,1-3H3. The van der Waals surface area contributed by atoms with Gasteiger partial charge in [-0.15, -0.1) is 0 Å². The Hall–Kier alpha value is -2.67. The molecule has 0 aromatic heterocycles. The first-order chi connectivity index (χ1) is 19.3. The van der Waals surface area contributed by atoms with Crippen LogP contribution in [0.1, 0.15) is 129 Å². The van der Waals surface area contributed by atoms with Crippen LogP contribution in [0.4, 0.5) is 5.69 Å². The predicted molar refractivity (Wildman–Crippen MR) is 162 cm³/mol. The van der Waals surface area contributed by atoms with Crippen molar-refractivity contribution in [2.75, 3.05) is 18.5 Å². The first-order valence-corrected chi connectivity index (χ1v) is 15.5. The highest BCUT2D eigenvalue weighted by atomic mass is 16.6. The zero-order valence-corrected chi connectivity index (χ0v) is 25.2. The molecule has 226 valence electrons. The van der Waals surface area contributed by atoms with Crippen LogP contribution >= 0.6 is 0 Å². The molecule has 0 aliphatic heterocycles. The smallest absolute Gasteiger partial charge is 0.346 e. The number of nitrogens with one attached hydrogen (secondary N) is 1. The Kier molecular flexibility index (Phi) is 19.5. The van der Waals surface area contributed by atoms with Crippen molar-refractivity contribution in [3.05, 3.63) is 35.9 Å². The molecule has 0 bridgehead atoms. The Labute approximate surface area is 242 Å². The van der Waals surface area contributed by atoms with Crippen molar-refractivity contribution in [2.45, 2.75) is 129 Å².